The highest BCUT2D eigenvalue weighted by Crippen LogP contribution is 2.17. The van der Waals surface area contributed by atoms with Gasteiger partial charge in [0.05, 0.1) is 0 Å². The van der Waals surface area contributed by atoms with Crippen molar-refractivity contribution in [3.63, 3.8) is 0 Å². The Morgan fingerprint density at radius 2 is 1.95 bits per heavy atom. The van der Waals surface area contributed by atoms with Crippen molar-refractivity contribution in [2.24, 2.45) is 0 Å². The molecule has 0 spiro atoms. The number of anilines is 1. The molecular weight excluding hydrogens is 256 g/mol. The monoisotopic (exact) mass is 278 g/mol. The van der Waals surface area contributed by atoms with Crippen LogP contribution in [0.1, 0.15) is 32.3 Å². The molecule has 0 heterocycles. The van der Waals surface area contributed by atoms with Crippen molar-refractivity contribution >= 4 is 17.7 Å². The normalized spacial score (nSPS) is 10.1. The maximum absolute atomic E-state index is 12.1. The lowest BCUT2D eigenvalue weighted by Crippen LogP contribution is -2.35. The average Bonchev–Trinajstić information content (AvgIpc) is 2.43. The van der Waals surface area contributed by atoms with Crippen LogP contribution in [0.15, 0.2) is 24.3 Å². The van der Waals surface area contributed by atoms with Crippen molar-refractivity contribution < 1.29 is 14.7 Å². The first-order chi connectivity index (χ1) is 9.58. The second-order valence-corrected chi connectivity index (χ2v) is 4.56. The average molecular weight is 278 g/mol. The highest BCUT2D eigenvalue weighted by Gasteiger charge is 2.12. The van der Waals surface area contributed by atoms with E-state index in [0.29, 0.717) is 25.2 Å². The number of hydrogen-bond acceptors (Lipinski definition) is 2. The first-order valence-corrected chi connectivity index (χ1v) is 6.94. The number of nitrogens with one attached hydrogen (secondary N) is 1. The van der Waals surface area contributed by atoms with Gasteiger partial charge in [-0.3, -0.25) is 4.79 Å². The standard InChI is InChI=1S/C15H22N2O3/c1-3-11-17(4-2)15(20)16-13-8-6-5-7-12(13)9-10-14(18)19/h5-8H,3-4,9-11H2,1-2H3,(H,16,20)(H,18,19). The van der Waals surface area contributed by atoms with Crippen LogP contribution in [-0.4, -0.2) is 35.1 Å². The fourth-order valence-electron chi connectivity index (χ4n) is 1.97. The molecule has 0 saturated carbocycles. The number of nitrogens with zero attached hydrogens (tertiary/aromatic N) is 1. The molecule has 0 atom stereocenters. The minimum atomic E-state index is -0.840. The smallest absolute Gasteiger partial charge is 0.321 e. The molecule has 2 N–H and O–H groups in total. The molecule has 0 aliphatic heterocycles. The predicted octanol–water partition coefficient (Wildman–Crippen LogP) is 2.97. The van der Waals surface area contributed by atoms with Crippen molar-refractivity contribution in [3.8, 4) is 0 Å². The van der Waals surface area contributed by atoms with E-state index in [4.69, 9.17) is 5.11 Å². The van der Waals surface area contributed by atoms with E-state index in [2.05, 4.69) is 5.32 Å². The number of carbonyl (C=O) groups is 2. The first kappa shape index (κ1) is 16.0. The highest BCUT2D eigenvalue weighted by atomic mass is 16.4. The minimum absolute atomic E-state index is 0.0549. The van der Waals surface area contributed by atoms with Crippen LogP contribution in [0.25, 0.3) is 0 Å². The zero-order valence-electron chi connectivity index (χ0n) is 12.1. The number of rotatable bonds is 7. The molecule has 5 heteroatoms. The quantitative estimate of drug-likeness (QED) is 0.805. The van der Waals surface area contributed by atoms with Crippen molar-refractivity contribution in [3.05, 3.63) is 29.8 Å². The van der Waals surface area contributed by atoms with Gasteiger partial charge in [0.2, 0.25) is 0 Å². The summed E-state index contributed by atoms with van der Waals surface area (Å²) >= 11 is 0. The number of amides is 2. The van der Waals surface area contributed by atoms with Gasteiger partial charge < -0.3 is 15.3 Å². The Labute approximate surface area is 119 Å². The van der Waals surface area contributed by atoms with Gasteiger partial charge in [-0.05, 0) is 31.4 Å². The predicted molar refractivity (Wildman–Crippen MR) is 79.0 cm³/mol. The Morgan fingerprint density at radius 3 is 2.55 bits per heavy atom. The third-order valence-corrected chi connectivity index (χ3v) is 3.03. The summed E-state index contributed by atoms with van der Waals surface area (Å²) in [7, 11) is 0. The lowest BCUT2D eigenvalue weighted by Gasteiger charge is -2.21. The molecule has 0 fully saturated rings. The third-order valence-electron chi connectivity index (χ3n) is 3.03. The van der Waals surface area contributed by atoms with E-state index >= 15 is 0 Å². The number of carboxylic acid groups (broad SMARTS) is 1. The number of hydrogen-bond donors (Lipinski definition) is 2. The van der Waals surface area contributed by atoms with E-state index in [1.807, 2.05) is 32.0 Å². The Kier molecular flexibility index (Phi) is 6.56. The van der Waals surface area contributed by atoms with Gasteiger partial charge in [-0.2, -0.15) is 0 Å². The van der Waals surface area contributed by atoms with E-state index in [1.165, 1.54) is 0 Å². The Bertz CT molecular complexity index is 460. The summed E-state index contributed by atoms with van der Waals surface area (Å²) in [6.45, 7) is 5.32. The number of aliphatic carboxylic acids is 1. The van der Waals surface area contributed by atoms with Gasteiger partial charge in [-0.1, -0.05) is 25.1 Å². The van der Waals surface area contributed by atoms with Gasteiger partial charge in [0.1, 0.15) is 0 Å². The van der Waals surface area contributed by atoms with E-state index in [0.717, 1.165) is 12.0 Å². The SMILES string of the molecule is CCCN(CC)C(=O)Nc1ccccc1CCC(=O)O. The van der Waals surface area contributed by atoms with Crippen LogP contribution in [0.4, 0.5) is 10.5 Å². The van der Waals surface area contributed by atoms with Gasteiger partial charge in [0.25, 0.3) is 0 Å². The summed E-state index contributed by atoms with van der Waals surface area (Å²) in [6.07, 6.45) is 1.37. The molecule has 0 aliphatic rings. The fourth-order valence-corrected chi connectivity index (χ4v) is 1.97. The number of carbonyl (C=O) groups excluding carboxylic acids is 1. The maximum Gasteiger partial charge on any atom is 0.321 e. The van der Waals surface area contributed by atoms with E-state index in [9.17, 15) is 9.59 Å². The molecular formula is C15H22N2O3. The van der Waals surface area contributed by atoms with Crippen LogP contribution >= 0.6 is 0 Å². The van der Waals surface area contributed by atoms with Crippen LogP contribution in [0.3, 0.4) is 0 Å². The Morgan fingerprint density at radius 1 is 1.25 bits per heavy atom. The van der Waals surface area contributed by atoms with E-state index < -0.39 is 5.97 Å². The summed E-state index contributed by atoms with van der Waals surface area (Å²) in [5, 5.41) is 11.6. The summed E-state index contributed by atoms with van der Waals surface area (Å²) in [6, 6.07) is 7.17. The van der Waals surface area contributed by atoms with Crippen LogP contribution in [0, 0.1) is 0 Å². The first-order valence-electron chi connectivity index (χ1n) is 6.94. The molecule has 0 unspecified atom stereocenters. The van der Waals surface area contributed by atoms with Crippen LogP contribution in [-0.2, 0) is 11.2 Å². The van der Waals surface area contributed by atoms with Gasteiger partial charge >= 0.3 is 12.0 Å². The fraction of sp³-hybridized carbons (Fsp3) is 0.467. The zero-order valence-corrected chi connectivity index (χ0v) is 12.1. The summed E-state index contributed by atoms with van der Waals surface area (Å²) in [5.41, 5.74) is 1.53. The van der Waals surface area contributed by atoms with Gasteiger partial charge in [-0.25, -0.2) is 4.79 Å². The molecule has 2 amide bonds. The molecule has 5 nitrogen and oxygen atoms in total. The van der Waals surface area contributed by atoms with Gasteiger partial charge in [-0.15, -0.1) is 0 Å². The van der Waals surface area contributed by atoms with Crippen molar-refractivity contribution in [2.75, 3.05) is 18.4 Å². The molecule has 0 radical (unpaired) electrons. The molecule has 1 rings (SSSR count). The molecule has 0 aliphatic carbocycles. The van der Waals surface area contributed by atoms with Crippen LogP contribution < -0.4 is 5.32 Å². The number of para-hydroxylation sites is 1. The van der Waals surface area contributed by atoms with E-state index in [-0.39, 0.29) is 12.5 Å². The molecule has 0 aromatic heterocycles. The summed E-state index contributed by atoms with van der Waals surface area (Å²) < 4.78 is 0. The zero-order chi connectivity index (χ0) is 15.0. The molecule has 0 bridgehead atoms. The molecule has 20 heavy (non-hydrogen) atoms. The second-order valence-electron chi connectivity index (χ2n) is 4.56. The molecule has 110 valence electrons. The third kappa shape index (κ3) is 4.91. The van der Waals surface area contributed by atoms with Crippen LogP contribution in [0.2, 0.25) is 0 Å². The number of aryl methyl sites for hydroxylation is 1. The highest BCUT2D eigenvalue weighted by molar-refractivity contribution is 5.90. The summed E-state index contributed by atoms with van der Waals surface area (Å²) in [4.78, 5) is 24.5. The number of urea groups is 1. The largest absolute Gasteiger partial charge is 0.481 e. The molecule has 1 aromatic rings. The summed E-state index contributed by atoms with van der Waals surface area (Å²) in [5.74, 6) is -0.840. The second kappa shape index (κ2) is 8.19. The molecule has 1 aromatic carbocycles. The maximum atomic E-state index is 12.1. The van der Waals surface area contributed by atoms with Crippen molar-refractivity contribution in [2.45, 2.75) is 33.1 Å². The van der Waals surface area contributed by atoms with Gasteiger partial charge in [0.15, 0.2) is 0 Å². The minimum Gasteiger partial charge on any atom is -0.481 e. The topological polar surface area (TPSA) is 69.6 Å². The van der Waals surface area contributed by atoms with Crippen LogP contribution in [0.5, 0.6) is 0 Å². The number of carboxylic acids is 1. The lowest BCUT2D eigenvalue weighted by atomic mass is 10.1. The Hall–Kier alpha value is -2.04. The van der Waals surface area contributed by atoms with E-state index in [1.54, 1.807) is 11.0 Å². The van der Waals surface area contributed by atoms with Crippen molar-refractivity contribution in [1.29, 1.82) is 0 Å². The lowest BCUT2D eigenvalue weighted by molar-refractivity contribution is -0.136. The molecule has 0 saturated heterocycles. The van der Waals surface area contributed by atoms with Gasteiger partial charge in [0, 0.05) is 25.2 Å². The van der Waals surface area contributed by atoms with Crippen molar-refractivity contribution in [1.82, 2.24) is 4.90 Å². The number of benzene rings is 1. The Balaban J connectivity index is 2.75.